The van der Waals surface area contributed by atoms with Gasteiger partial charge in [-0.2, -0.15) is 0 Å². The topological polar surface area (TPSA) is 37.3 Å². The van der Waals surface area contributed by atoms with Crippen LogP contribution in [-0.2, 0) is 4.79 Å². The Hall–Kier alpha value is -0.790. The third-order valence-electron chi connectivity index (χ3n) is 3.89. The Balaban J connectivity index is 2.69. The minimum absolute atomic E-state index is 0.147. The van der Waals surface area contributed by atoms with Gasteiger partial charge in [-0.15, -0.1) is 6.58 Å². The lowest BCUT2D eigenvalue weighted by atomic mass is 9.69. The van der Waals surface area contributed by atoms with E-state index in [2.05, 4.69) is 20.4 Å². The number of carboxylic acids is 1. The molecule has 1 N–H and O–H groups in total. The standard InChI is InChI=1S/C14H24O2/c1-9(2)7-12-8-11(10(3)4)5-6-13(12)14(15)16/h10-13H,1,5-8H2,2-4H3,(H,15,16). The highest BCUT2D eigenvalue weighted by atomic mass is 16.4. The first-order chi connectivity index (χ1) is 7.41. The van der Waals surface area contributed by atoms with Crippen molar-refractivity contribution in [2.45, 2.75) is 46.5 Å². The van der Waals surface area contributed by atoms with Gasteiger partial charge in [0.15, 0.2) is 0 Å². The lowest BCUT2D eigenvalue weighted by Crippen LogP contribution is -2.32. The van der Waals surface area contributed by atoms with Crippen LogP contribution in [0.25, 0.3) is 0 Å². The average molecular weight is 224 g/mol. The highest BCUT2D eigenvalue weighted by Crippen LogP contribution is 2.40. The largest absolute Gasteiger partial charge is 0.481 e. The van der Waals surface area contributed by atoms with E-state index >= 15 is 0 Å². The van der Waals surface area contributed by atoms with Crippen molar-refractivity contribution in [2.75, 3.05) is 0 Å². The van der Waals surface area contributed by atoms with Gasteiger partial charge in [-0.1, -0.05) is 19.4 Å². The molecule has 1 rings (SSSR count). The molecule has 0 aromatic carbocycles. The van der Waals surface area contributed by atoms with E-state index in [0.717, 1.165) is 31.3 Å². The van der Waals surface area contributed by atoms with E-state index in [1.165, 1.54) is 0 Å². The van der Waals surface area contributed by atoms with Crippen LogP contribution < -0.4 is 0 Å². The number of carbonyl (C=O) groups is 1. The molecule has 0 saturated heterocycles. The van der Waals surface area contributed by atoms with E-state index in [4.69, 9.17) is 0 Å². The zero-order chi connectivity index (χ0) is 12.3. The second-order valence-corrected chi connectivity index (χ2v) is 5.68. The summed E-state index contributed by atoms with van der Waals surface area (Å²) in [6.07, 6.45) is 3.85. The maximum Gasteiger partial charge on any atom is 0.306 e. The Kier molecular flexibility index (Phi) is 4.57. The van der Waals surface area contributed by atoms with Gasteiger partial charge in [0.1, 0.15) is 0 Å². The van der Waals surface area contributed by atoms with E-state index in [9.17, 15) is 9.90 Å². The number of rotatable bonds is 4. The molecule has 1 saturated carbocycles. The van der Waals surface area contributed by atoms with Gasteiger partial charge in [0, 0.05) is 0 Å². The molecule has 0 heterocycles. The van der Waals surface area contributed by atoms with Gasteiger partial charge in [0.25, 0.3) is 0 Å². The third kappa shape index (κ3) is 3.36. The van der Waals surface area contributed by atoms with Gasteiger partial charge < -0.3 is 5.11 Å². The molecular weight excluding hydrogens is 200 g/mol. The first-order valence-corrected chi connectivity index (χ1v) is 6.29. The van der Waals surface area contributed by atoms with Crippen LogP contribution in [0, 0.1) is 23.7 Å². The van der Waals surface area contributed by atoms with Gasteiger partial charge >= 0.3 is 5.97 Å². The minimum Gasteiger partial charge on any atom is -0.481 e. The summed E-state index contributed by atoms with van der Waals surface area (Å²) < 4.78 is 0. The first kappa shape index (κ1) is 13.3. The van der Waals surface area contributed by atoms with Gasteiger partial charge in [-0.05, 0) is 50.4 Å². The highest BCUT2D eigenvalue weighted by molar-refractivity contribution is 5.70. The molecule has 3 unspecified atom stereocenters. The van der Waals surface area contributed by atoms with E-state index < -0.39 is 5.97 Å². The second kappa shape index (κ2) is 5.51. The molecule has 1 fully saturated rings. The molecule has 2 heteroatoms. The highest BCUT2D eigenvalue weighted by Gasteiger charge is 2.35. The van der Waals surface area contributed by atoms with Crippen molar-refractivity contribution in [1.82, 2.24) is 0 Å². The number of hydrogen-bond donors (Lipinski definition) is 1. The van der Waals surface area contributed by atoms with E-state index in [1.54, 1.807) is 0 Å². The molecule has 1 aliphatic rings. The fourth-order valence-electron chi connectivity index (χ4n) is 2.90. The van der Waals surface area contributed by atoms with Gasteiger partial charge in [-0.3, -0.25) is 4.79 Å². The fourth-order valence-corrected chi connectivity index (χ4v) is 2.90. The number of allylic oxidation sites excluding steroid dienone is 1. The molecule has 1 aliphatic carbocycles. The summed E-state index contributed by atoms with van der Waals surface area (Å²) in [6, 6.07) is 0. The predicted octanol–water partition coefficient (Wildman–Crippen LogP) is 3.73. The zero-order valence-electron chi connectivity index (χ0n) is 10.7. The van der Waals surface area contributed by atoms with Crippen molar-refractivity contribution in [3.8, 4) is 0 Å². The molecule has 0 radical (unpaired) electrons. The maximum atomic E-state index is 11.2. The fraction of sp³-hybridized carbons (Fsp3) is 0.786. The number of aliphatic carboxylic acids is 1. The summed E-state index contributed by atoms with van der Waals surface area (Å²) in [7, 11) is 0. The molecule has 92 valence electrons. The van der Waals surface area contributed by atoms with Crippen molar-refractivity contribution in [3.05, 3.63) is 12.2 Å². The Morgan fingerprint density at radius 1 is 1.44 bits per heavy atom. The summed E-state index contributed by atoms with van der Waals surface area (Å²) in [6.45, 7) is 10.4. The van der Waals surface area contributed by atoms with E-state index in [0.29, 0.717) is 17.8 Å². The normalized spacial score (nSPS) is 30.4. The van der Waals surface area contributed by atoms with Gasteiger partial charge in [0.2, 0.25) is 0 Å². The van der Waals surface area contributed by atoms with Crippen LogP contribution >= 0.6 is 0 Å². The van der Waals surface area contributed by atoms with E-state index in [1.807, 2.05) is 6.92 Å². The second-order valence-electron chi connectivity index (χ2n) is 5.68. The predicted molar refractivity (Wildman–Crippen MR) is 66.2 cm³/mol. The molecule has 3 atom stereocenters. The van der Waals surface area contributed by atoms with Crippen molar-refractivity contribution in [1.29, 1.82) is 0 Å². The molecule has 0 amide bonds. The summed E-state index contributed by atoms with van der Waals surface area (Å²) >= 11 is 0. The Morgan fingerprint density at radius 2 is 2.06 bits per heavy atom. The molecule has 0 spiro atoms. The monoisotopic (exact) mass is 224 g/mol. The molecular formula is C14H24O2. The Labute approximate surface area is 98.7 Å². The van der Waals surface area contributed by atoms with Gasteiger partial charge in [-0.25, -0.2) is 0 Å². The summed E-state index contributed by atoms with van der Waals surface area (Å²) in [4.78, 5) is 11.2. The number of carboxylic acid groups (broad SMARTS) is 1. The SMILES string of the molecule is C=C(C)CC1CC(C(C)C)CCC1C(=O)O. The van der Waals surface area contributed by atoms with Crippen LogP contribution in [0.3, 0.4) is 0 Å². The average Bonchev–Trinajstić information content (AvgIpc) is 2.15. The van der Waals surface area contributed by atoms with Gasteiger partial charge in [0.05, 0.1) is 5.92 Å². The van der Waals surface area contributed by atoms with Crippen LogP contribution in [-0.4, -0.2) is 11.1 Å². The van der Waals surface area contributed by atoms with Crippen molar-refractivity contribution < 1.29 is 9.90 Å². The molecule has 2 nitrogen and oxygen atoms in total. The zero-order valence-corrected chi connectivity index (χ0v) is 10.7. The molecule has 16 heavy (non-hydrogen) atoms. The minimum atomic E-state index is -0.617. The summed E-state index contributed by atoms with van der Waals surface area (Å²) in [5.41, 5.74) is 1.11. The molecule has 0 aliphatic heterocycles. The Morgan fingerprint density at radius 3 is 2.50 bits per heavy atom. The lowest BCUT2D eigenvalue weighted by Gasteiger charge is -2.36. The van der Waals surface area contributed by atoms with Crippen LogP contribution in [0.2, 0.25) is 0 Å². The van der Waals surface area contributed by atoms with Crippen LogP contribution in [0.4, 0.5) is 0 Å². The maximum absolute atomic E-state index is 11.2. The van der Waals surface area contributed by atoms with E-state index in [-0.39, 0.29) is 5.92 Å². The quantitative estimate of drug-likeness (QED) is 0.739. The molecule has 0 bridgehead atoms. The lowest BCUT2D eigenvalue weighted by molar-refractivity contribution is -0.145. The van der Waals surface area contributed by atoms with Crippen molar-refractivity contribution in [2.24, 2.45) is 23.7 Å². The third-order valence-corrected chi connectivity index (χ3v) is 3.89. The summed E-state index contributed by atoms with van der Waals surface area (Å²) in [5.74, 6) is 0.902. The van der Waals surface area contributed by atoms with Crippen molar-refractivity contribution in [3.63, 3.8) is 0 Å². The smallest absolute Gasteiger partial charge is 0.306 e. The van der Waals surface area contributed by atoms with Crippen LogP contribution in [0.5, 0.6) is 0 Å². The van der Waals surface area contributed by atoms with Crippen LogP contribution in [0.1, 0.15) is 46.5 Å². The number of hydrogen-bond acceptors (Lipinski definition) is 1. The van der Waals surface area contributed by atoms with Crippen molar-refractivity contribution >= 4 is 5.97 Å². The van der Waals surface area contributed by atoms with Crippen LogP contribution in [0.15, 0.2) is 12.2 Å². The summed E-state index contributed by atoms with van der Waals surface area (Å²) in [5, 5.41) is 9.22. The molecule has 0 aromatic rings. The molecule has 0 aromatic heterocycles. The Bertz CT molecular complexity index is 268. The first-order valence-electron chi connectivity index (χ1n) is 6.29.